The number of benzene rings is 1. The summed E-state index contributed by atoms with van der Waals surface area (Å²) in [6.45, 7) is 6.09. The van der Waals surface area contributed by atoms with Gasteiger partial charge in [-0.15, -0.1) is 0 Å². The van der Waals surface area contributed by atoms with Gasteiger partial charge in [-0.3, -0.25) is 10.1 Å². The van der Waals surface area contributed by atoms with Gasteiger partial charge in [0.2, 0.25) is 0 Å². The molecule has 0 aliphatic heterocycles. The molecule has 2 atom stereocenters. The Morgan fingerprint density at radius 3 is 2.62 bits per heavy atom. The van der Waals surface area contributed by atoms with E-state index >= 15 is 0 Å². The number of aryl methyl sites for hydroxylation is 2. The second-order valence-corrected chi connectivity index (χ2v) is 6.33. The summed E-state index contributed by atoms with van der Waals surface area (Å²) in [5.41, 5.74) is 2.96. The molecule has 1 saturated carbocycles. The number of hydrogen-bond donors (Lipinski definition) is 1. The minimum Gasteiger partial charge on any atom is -0.382 e. The first kappa shape index (κ1) is 15.8. The number of nitro groups is 1. The smallest absolute Gasteiger partial charge is 0.274 e. The highest BCUT2D eigenvalue weighted by atomic mass is 16.6. The van der Waals surface area contributed by atoms with Crippen molar-refractivity contribution in [1.29, 1.82) is 0 Å². The van der Waals surface area contributed by atoms with Crippen LogP contribution in [0.5, 0.6) is 0 Å². The number of rotatable bonds is 4. The molecule has 116 valence electrons. The van der Waals surface area contributed by atoms with E-state index in [0.717, 1.165) is 29.2 Å². The minimum atomic E-state index is -0.292. The number of nitrogens with zero attached hydrogens (tertiary/aromatic N) is 1. The lowest BCUT2D eigenvalue weighted by Gasteiger charge is -2.20. The first-order valence-corrected chi connectivity index (χ1v) is 8.03. The first-order chi connectivity index (χ1) is 10.0. The maximum absolute atomic E-state index is 11.1. The lowest BCUT2D eigenvalue weighted by atomic mass is 9.97. The van der Waals surface area contributed by atoms with Gasteiger partial charge >= 0.3 is 0 Å². The van der Waals surface area contributed by atoms with Gasteiger partial charge in [-0.2, -0.15) is 0 Å². The Balaban J connectivity index is 2.12. The molecule has 1 aliphatic carbocycles. The molecule has 1 fully saturated rings. The topological polar surface area (TPSA) is 55.2 Å². The summed E-state index contributed by atoms with van der Waals surface area (Å²) in [5.74, 6) is 0.852. The molecule has 2 rings (SSSR count). The summed E-state index contributed by atoms with van der Waals surface area (Å²) in [5, 5.41) is 14.6. The van der Waals surface area contributed by atoms with Gasteiger partial charge < -0.3 is 5.32 Å². The van der Waals surface area contributed by atoms with Gasteiger partial charge in [0.15, 0.2) is 0 Å². The van der Waals surface area contributed by atoms with Gasteiger partial charge in [-0.1, -0.05) is 26.2 Å². The normalized spacial score (nSPS) is 22.6. The third-order valence-corrected chi connectivity index (χ3v) is 4.76. The highest BCUT2D eigenvalue weighted by molar-refractivity contribution is 5.60. The molecule has 0 saturated heterocycles. The number of nitro benzene ring substituents is 1. The SMILES string of the molecule is CCC1CCCC(Nc2cc([N+](=O)[O-])c(C)cc2C)CC1. The fourth-order valence-electron chi connectivity index (χ4n) is 3.34. The van der Waals surface area contributed by atoms with Crippen LogP contribution in [0.4, 0.5) is 11.4 Å². The number of nitrogens with one attached hydrogen (secondary N) is 1. The van der Waals surface area contributed by atoms with Crippen molar-refractivity contribution in [2.45, 2.75) is 65.3 Å². The second-order valence-electron chi connectivity index (χ2n) is 6.33. The average molecular weight is 290 g/mol. The van der Waals surface area contributed by atoms with Crippen molar-refractivity contribution in [2.24, 2.45) is 5.92 Å². The van der Waals surface area contributed by atoms with Crippen molar-refractivity contribution in [2.75, 3.05) is 5.32 Å². The van der Waals surface area contributed by atoms with Gasteiger partial charge in [-0.05, 0) is 50.7 Å². The summed E-state index contributed by atoms with van der Waals surface area (Å²) in [6, 6.07) is 4.06. The van der Waals surface area contributed by atoms with E-state index in [1.54, 1.807) is 13.0 Å². The van der Waals surface area contributed by atoms with Crippen molar-refractivity contribution in [3.63, 3.8) is 0 Å². The molecule has 21 heavy (non-hydrogen) atoms. The molecule has 0 amide bonds. The zero-order chi connectivity index (χ0) is 15.4. The summed E-state index contributed by atoms with van der Waals surface area (Å²) in [7, 11) is 0. The van der Waals surface area contributed by atoms with E-state index in [2.05, 4.69) is 12.2 Å². The zero-order valence-electron chi connectivity index (χ0n) is 13.3. The molecular formula is C17H26N2O2. The van der Waals surface area contributed by atoms with E-state index in [-0.39, 0.29) is 10.6 Å². The van der Waals surface area contributed by atoms with Gasteiger partial charge in [0.05, 0.1) is 4.92 Å². The first-order valence-electron chi connectivity index (χ1n) is 8.03. The molecule has 4 nitrogen and oxygen atoms in total. The Hall–Kier alpha value is -1.58. The summed E-state index contributed by atoms with van der Waals surface area (Å²) < 4.78 is 0. The highest BCUT2D eigenvalue weighted by Gasteiger charge is 2.20. The van der Waals surface area contributed by atoms with Crippen molar-refractivity contribution in [3.05, 3.63) is 33.4 Å². The Morgan fingerprint density at radius 2 is 1.95 bits per heavy atom. The predicted molar refractivity (Wildman–Crippen MR) is 86.8 cm³/mol. The Labute approximate surface area is 127 Å². The Kier molecular flexibility index (Phi) is 5.21. The summed E-state index contributed by atoms with van der Waals surface area (Å²) >= 11 is 0. The standard InChI is InChI=1S/C17H26N2O2/c1-4-14-6-5-7-15(9-8-14)18-16-11-17(19(20)21)13(3)10-12(16)2/h10-11,14-15,18H,4-9H2,1-3H3. The van der Waals surface area contributed by atoms with E-state index in [9.17, 15) is 10.1 Å². The largest absolute Gasteiger partial charge is 0.382 e. The van der Waals surface area contributed by atoms with Crippen LogP contribution < -0.4 is 5.32 Å². The molecule has 1 aliphatic rings. The second kappa shape index (κ2) is 6.92. The summed E-state index contributed by atoms with van der Waals surface area (Å²) in [6.07, 6.45) is 7.44. The third kappa shape index (κ3) is 3.96. The van der Waals surface area contributed by atoms with Crippen LogP contribution in [-0.2, 0) is 0 Å². The van der Waals surface area contributed by atoms with Gasteiger partial charge in [-0.25, -0.2) is 0 Å². The molecule has 0 aromatic heterocycles. The van der Waals surface area contributed by atoms with Crippen molar-refractivity contribution >= 4 is 11.4 Å². The monoisotopic (exact) mass is 290 g/mol. The fraction of sp³-hybridized carbons (Fsp3) is 0.647. The molecular weight excluding hydrogens is 264 g/mol. The van der Waals surface area contributed by atoms with Gasteiger partial charge in [0.1, 0.15) is 0 Å². The molecule has 1 N–H and O–H groups in total. The van der Waals surface area contributed by atoms with E-state index < -0.39 is 0 Å². The van der Waals surface area contributed by atoms with Crippen LogP contribution in [0.3, 0.4) is 0 Å². The minimum absolute atomic E-state index is 0.211. The van der Waals surface area contributed by atoms with Crippen LogP contribution in [0.15, 0.2) is 12.1 Å². The summed E-state index contributed by atoms with van der Waals surface area (Å²) in [4.78, 5) is 10.8. The van der Waals surface area contributed by atoms with Gasteiger partial charge in [0, 0.05) is 23.4 Å². The lowest BCUT2D eigenvalue weighted by molar-refractivity contribution is -0.385. The van der Waals surface area contributed by atoms with E-state index in [1.165, 1.54) is 32.1 Å². The van der Waals surface area contributed by atoms with Gasteiger partial charge in [0.25, 0.3) is 5.69 Å². The van der Waals surface area contributed by atoms with Crippen molar-refractivity contribution in [3.8, 4) is 0 Å². The fourth-order valence-corrected chi connectivity index (χ4v) is 3.34. The Bertz CT molecular complexity index is 514. The van der Waals surface area contributed by atoms with Crippen LogP contribution in [0.2, 0.25) is 0 Å². The predicted octanol–water partition coefficient (Wildman–Crippen LogP) is 4.98. The van der Waals surface area contributed by atoms with Crippen LogP contribution in [0.1, 0.15) is 56.6 Å². The molecule has 1 aromatic rings. The highest BCUT2D eigenvalue weighted by Crippen LogP contribution is 2.30. The van der Waals surface area contributed by atoms with Crippen molar-refractivity contribution < 1.29 is 4.92 Å². The quantitative estimate of drug-likeness (QED) is 0.483. The maximum atomic E-state index is 11.1. The van der Waals surface area contributed by atoms with Crippen LogP contribution in [0, 0.1) is 29.9 Å². The number of anilines is 1. The molecule has 0 bridgehead atoms. The van der Waals surface area contributed by atoms with Crippen molar-refractivity contribution in [1.82, 2.24) is 0 Å². The molecule has 0 radical (unpaired) electrons. The van der Waals surface area contributed by atoms with E-state index in [0.29, 0.717) is 6.04 Å². The maximum Gasteiger partial charge on any atom is 0.274 e. The van der Waals surface area contributed by atoms with Crippen LogP contribution in [-0.4, -0.2) is 11.0 Å². The lowest BCUT2D eigenvalue weighted by Crippen LogP contribution is -2.19. The molecule has 2 unspecified atom stereocenters. The molecule has 1 aromatic carbocycles. The van der Waals surface area contributed by atoms with E-state index in [1.807, 2.05) is 13.0 Å². The number of hydrogen-bond acceptors (Lipinski definition) is 3. The third-order valence-electron chi connectivity index (χ3n) is 4.76. The Morgan fingerprint density at radius 1 is 1.19 bits per heavy atom. The van der Waals surface area contributed by atoms with Crippen LogP contribution in [0.25, 0.3) is 0 Å². The van der Waals surface area contributed by atoms with Crippen LogP contribution >= 0.6 is 0 Å². The molecule has 0 spiro atoms. The zero-order valence-corrected chi connectivity index (χ0v) is 13.3. The average Bonchev–Trinajstić information content (AvgIpc) is 2.66. The van der Waals surface area contributed by atoms with E-state index in [4.69, 9.17) is 0 Å². The molecule has 0 heterocycles. The molecule has 4 heteroatoms.